The molecule has 8 nitrogen and oxygen atoms in total. The lowest BCUT2D eigenvalue weighted by Crippen LogP contribution is -2.15. The molecule has 2 aromatic rings. The molecule has 0 aromatic heterocycles. The van der Waals surface area contributed by atoms with Crippen LogP contribution in [0.1, 0.15) is 58.5 Å². The van der Waals surface area contributed by atoms with Crippen molar-refractivity contribution < 1.29 is 64.7 Å². The van der Waals surface area contributed by atoms with Crippen LogP contribution < -0.4 is 9.47 Å². The van der Waals surface area contributed by atoms with Crippen LogP contribution in [0.2, 0.25) is 0 Å². The molecule has 0 aliphatic heterocycles. The van der Waals surface area contributed by atoms with Crippen LogP contribution in [0.3, 0.4) is 0 Å². The van der Waals surface area contributed by atoms with Crippen LogP contribution in [0.25, 0.3) is 0 Å². The van der Waals surface area contributed by atoms with Gasteiger partial charge in [-0.2, -0.15) is 0 Å². The second kappa shape index (κ2) is 17.3. The lowest BCUT2D eigenvalue weighted by Gasteiger charge is -2.12. The molecule has 0 aliphatic rings. The Morgan fingerprint density at radius 2 is 1.12 bits per heavy atom. The van der Waals surface area contributed by atoms with E-state index >= 15 is 0 Å². The van der Waals surface area contributed by atoms with Gasteiger partial charge in [-0.3, -0.25) is 9.47 Å². The Morgan fingerprint density at radius 1 is 0.707 bits per heavy atom. The maximum atomic E-state index is 11.8. The standard InChI is InChI=1S/C14H17F3O4.C13H15F3O4/c1-3-10-5-6-11(13(18)19-2)9-12(10)20-7-4-8-21-14(15,16)17;1-2-9-4-5-10(12(17)18)8-11(9)19-6-3-7-20-13(14,15)16/h5-6,9H,3-4,7-8H2,1-2H3;4-5,8H,2-3,6-7H2,1H3,(H,17,18). The number of hydrogen-bond acceptors (Lipinski definition) is 7. The van der Waals surface area contributed by atoms with E-state index in [-0.39, 0.29) is 31.6 Å². The molecule has 0 unspecified atom stereocenters. The second-order valence-corrected chi connectivity index (χ2v) is 8.14. The van der Waals surface area contributed by atoms with Gasteiger partial charge in [-0.1, -0.05) is 26.0 Å². The normalized spacial score (nSPS) is 11.3. The van der Waals surface area contributed by atoms with E-state index in [1.807, 2.05) is 13.8 Å². The van der Waals surface area contributed by atoms with E-state index in [0.29, 0.717) is 29.9 Å². The van der Waals surface area contributed by atoms with Gasteiger partial charge in [0.25, 0.3) is 0 Å². The zero-order valence-corrected chi connectivity index (χ0v) is 22.7. The Bertz CT molecular complexity index is 1100. The summed E-state index contributed by atoms with van der Waals surface area (Å²) in [4.78, 5) is 22.3. The molecule has 2 rings (SSSR count). The van der Waals surface area contributed by atoms with Crippen molar-refractivity contribution in [1.82, 2.24) is 0 Å². The van der Waals surface area contributed by atoms with Crippen molar-refractivity contribution in [2.45, 2.75) is 52.3 Å². The third-order valence-electron chi connectivity index (χ3n) is 5.19. The van der Waals surface area contributed by atoms with Crippen LogP contribution in [0.15, 0.2) is 36.4 Å². The third-order valence-corrected chi connectivity index (χ3v) is 5.19. The van der Waals surface area contributed by atoms with Gasteiger partial charge in [-0.05, 0) is 48.2 Å². The zero-order valence-electron chi connectivity index (χ0n) is 22.7. The first-order chi connectivity index (χ1) is 19.2. The number of aromatic carboxylic acids is 1. The number of alkyl halides is 6. The minimum atomic E-state index is -4.64. The van der Waals surface area contributed by atoms with Gasteiger partial charge in [0.1, 0.15) is 11.5 Å². The number of carboxylic acid groups (broad SMARTS) is 1. The van der Waals surface area contributed by atoms with E-state index in [0.717, 1.165) is 11.1 Å². The molecule has 41 heavy (non-hydrogen) atoms. The third kappa shape index (κ3) is 14.6. The molecule has 0 bridgehead atoms. The maximum absolute atomic E-state index is 11.8. The van der Waals surface area contributed by atoms with E-state index in [4.69, 9.17) is 14.6 Å². The highest BCUT2D eigenvalue weighted by Crippen LogP contribution is 2.23. The fourth-order valence-corrected chi connectivity index (χ4v) is 3.20. The van der Waals surface area contributed by atoms with Crippen LogP contribution >= 0.6 is 0 Å². The van der Waals surface area contributed by atoms with Gasteiger partial charge in [-0.15, -0.1) is 26.3 Å². The number of carboxylic acids is 1. The van der Waals surface area contributed by atoms with Crippen molar-refractivity contribution in [1.29, 1.82) is 0 Å². The van der Waals surface area contributed by atoms with E-state index < -0.39 is 37.9 Å². The lowest BCUT2D eigenvalue weighted by atomic mass is 10.1. The zero-order chi connectivity index (χ0) is 31.1. The van der Waals surface area contributed by atoms with Crippen LogP contribution in [0, 0.1) is 0 Å². The fraction of sp³-hybridized carbons (Fsp3) is 0.481. The van der Waals surface area contributed by atoms with Gasteiger partial charge >= 0.3 is 24.7 Å². The van der Waals surface area contributed by atoms with Gasteiger partial charge in [0.05, 0.1) is 44.7 Å². The Hall–Kier alpha value is -3.52. The van der Waals surface area contributed by atoms with E-state index in [1.54, 1.807) is 18.2 Å². The van der Waals surface area contributed by atoms with Crippen LogP contribution in [0.5, 0.6) is 11.5 Å². The highest BCUT2D eigenvalue weighted by atomic mass is 19.4. The van der Waals surface area contributed by atoms with Crippen molar-refractivity contribution in [2.75, 3.05) is 33.5 Å². The summed E-state index contributed by atoms with van der Waals surface area (Å²) in [5.41, 5.74) is 2.06. The van der Waals surface area contributed by atoms with Crippen LogP contribution in [-0.2, 0) is 27.1 Å². The smallest absolute Gasteiger partial charge is 0.493 e. The van der Waals surface area contributed by atoms with Crippen molar-refractivity contribution in [2.24, 2.45) is 0 Å². The molecule has 2 aromatic carbocycles. The van der Waals surface area contributed by atoms with E-state index in [1.165, 1.54) is 25.3 Å². The lowest BCUT2D eigenvalue weighted by molar-refractivity contribution is -0.325. The molecule has 0 spiro atoms. The summed E-state index contributed by atoms with van der Waals surface area (Å²) in [5.74, 6) is -0.743. The minimum absolute atomic E-state index is 0.0200. The Balaban J connectivity index is 0.000000410. The summed E-state index contributed by atoms with van der Waals surface area (Å²) in [7, 11) is 1.27. The molecule has 0 atom stereocenters. The molecule has 0 fully saturated rings. The number of carbonyl (C=O) groups excluding carboxylic acids is 1. The van der Waals surface area contributed by atoms with Gasteiger partial charge < -0.3 is 19.3 Å². The highest BCUT2D eigenvalue weighted by Gasteiger charge is 2.29. The first-order valence-electron chi connectivity index (χ1n) is 12.4. The average molecular weight is 599 g/mol. The maximum Gasteiger partial charge on any atom is 0.522 e. The topological polar surface area (TPSA) is 101 Å². The SMILES string of the molecule is CCc1ccc(C(=O)O)cc1OCCCOC(F)(F)F.CCc1ccc(C(=O)OC)cc1OCCCOC(F)(F)F. The molecule has 0 amide bonds. The predicted octanol–water partition coefficient (Wildman–Crippen LogP) is 6.59. The number of methoxy groups -OCH3 is 1. The van der Waals surface area contributed by atoms with Crippen molar-refractivity contribution >= 4 is 11.9 Å². The van der Waals surface area contributed by atoms with Crippen LogP contribution in [-0.4, -0.2) is 63.3 Å². The summed E-state index contributed by atoms with van der Waals surface area (Å²) in [6, 6.07) is 9.32. The quantitative estimate of drug-likeness (QED) is 0.148. The van der Waals surface area contributed by atoms with Gasteiger partial charge in [0.15, 0.2) is 0 Å². The summed E-state index contributed by atoms with van der Waals surface area (Å²) in [5, 5.41) is 8.87. The van der Waals surface area contributed by atoms with Crippen molar-refractivity contribution in [3.63, 3.8) is 0 Å². The van der Waals surface area contributed by atoms with Crippen molar-refractivity contribution in [3.8, 4) is 11.5 Å². The number of aryl methyl sites for hydroxylation is 2. The molecule has 0 saturated heterocycles. The number of ether oxygens (including phenoxy) is 5. The molecule has 0 saturated carbocycles. The molecular weight excluding hydrogens is 566 g/mol. The largest absolute Gasteiger partial charge is 0.522 e. The molecule has 0 aliphatic carbocycles. The number of rotatable bonds is 14. The number of hydrogen-bond donors (Lipinski definition) is 1. The second-order valence-electron chi connectivity index (χ2n) is 8.14. The monoisotopic (exact) mass is 598 g/mol. The molecular formula is C27H32F6O8. The summed E-state index contributed by atoms with van der Waals surface area (Å²) < 4.78 is 93.2. The Labute approximate surface area is 233 Å². The number of esters is 1. The van der Waals surface area contributed by atoms with Gasteiger partial charge in [-0.25, -0.2) is 9.59 Å². The fourth-order valence-electron chi connectivity index (χ4n) is 3.20. The Morgan fingerprint density at radius 3 is 1.49 bits per heavy atom. The number of carbonyl (C=O) groups is 2. The Kier molecular flexibility index (Phi) is 15.0. The molecule has 14 heteroatoms. The average Bonchev–Trinajstić information content (AvgIpc) is 2.91. The minimum Gasteiger partial charge on any atom is -0.493 e. The van der Waals surface area contributed by atoms with Crippen LogP contribution in [0.4, 0.5) is 26.3 Å². The predicted molar refractivity (Wildman–Crippen MR) is 134 cm³/mol. The summed E-state index contributed by atoms with van der Waals surface area (Å²) >= 11 is 0. The molecule has 0 heterocycles. The summed E-state index contributed by atoms with van der Waals surface area (Å²) in [6.45, 7) is 2.90. The number of benzene rings is 2. The van der Waals surface area contributed by atoms with E-state index in [2.05, 4.69) is 14.2 Å². The van der Waals surface area contributed by atoms with Crippen molar-refractivity contribution in [3.05, 3.63) is 58.7 Å². The molecule has 0 radical (unpaired) electrons. The van der Waals surface area contributed by atoms with Gasteiger partial charge in [0, 0.05) is 12.8 Å². The molecule has 1 N–H and O–H groups in total. The van der Waals surface area contributed by atoms with E-state index in [9.17, 15) is 35.9 Å². The van der Waals surface area contributed by atoms with Gasteiger partial charge in [0.2, 0.25) is 0 Å². The molecule has 230 valence electrons. The number of halogens is 6. The summed E-state index contributed by atoms with van der Waals surface area (Å²) in [6.07, 6.45) is -7.81. The first-order valence-corrected chi connectivity index (χ1v) is 12.4. The highest BCUT2D eigenvalue weighted by molar-refractivity contribution is 5.90. The first kappa shape index (κ1) is 35.5.